The fourth-order valence-electron chi connectivity index (χ4n) is 3.81. The molecule has 4 aromatic carbocycles. The lowest BCUT2D eigenvalue weighted by Crippen LogP contribution is -2.19. The molecule has 5 aromatic rings. The molecule has 7 heteroatoms. The van der Waals surface area contributed by atoms with Gasteiger partial charge in [-0.15, -0.1) is 0 Å². The minimum absolute atomic E-state index is 0.284. The number of benzene rings is 4. The summed E-state index contributed by atoms with van der Waals surface area (Å²) in [7, 11) is 0. The maximum atomic E-state index is 12.8. The van der Waals surface area contributed by atoms with Gasteiger partial charge in [-0.1, -0.05) is 76.6 Å². The van der Waals surface area contributed by atoms with E-state index >= 15 is 0 Å². The van der Waals surface area contributed by atoms with Crippen molar-refractivity contribution in [3.63, 3.8) is 0 Å². The molecule has 5 rings (SSSR count). The minimum atomic E-state index is -0.378. The van der Waals surface area contributed by atoms with Crippen molar-refractivity contribution in [2.45, 2.75) is 6.54 Å². The average Bonchev–Trinajstić information content (AvgIpc) is 3.20. The van der Waals surface area contributed by atoms with Crippen molar-refractivity contribution in [3.05, 3.63) is 111 Å². The van der Waals surface area contributed by atoms with Gasteiger partial charge in [-0.2, -0.15) is 10.2 Å². The van der Waals surface area contributed by atoms with Crippen LogP contribution in [0.25, 0.3) is 21.5 Å². The summed E-state index contributed by atoms with van der Waals surface area (Å²) in [6, 6.07) is 26.5. The Morgan fingerprint density at radius 3 is 2.24 bits per heavy atom. The second kappa shape index (κ2) is 9.29. The van der Waals surface area contributed by atoms with Gasteiger partial charge in [0.2, 0.25) is 0 Å². The summed E-state index contributed by atoms with van der Waals surface area (Å²) in [5.74, 6) is -0.378. The van der Waals surface area contributed by atoms with Crippen LogP contribution in [0.15, 0.2) is 99.1 Å². The first-order valence-corrected chi connectivity index (χ1v) is 11.9. The third-order valence-electron chi connectivity index (χ3n) is 5.36. The van der Waals surface area contributed by atoms with Gasteiger partial charge >= 0.3 is 0 Å². The van der Waals surface area contributed by atoms with E-state index in [9.17, 15) is 4.79 Å². The van der Waals surface area contributed by atoms with Crippen LogP contribution in [0.5, 0.6) is 0 Å². The summed E-state index contributed by atoms with van der Waals surface area (Å²) < 4.78 is 3.36. The molecule has 0 spiro atoms. The molecule has 162 valence electrons. The Morgan fingerprint density at radius 2 is 1.58 bits per heavy atom. The van der Waals surface area contributed by atoms with E-state index < -0.39 is 0 Å². The Morgan fingerprint density at radius 1 is 0.939 bits per heavy atom. The minimum Gasteiger partial charge on any atom is -0.266 e. The number of amides is 1. The lowest BCUT2D eigenvalue weighted by molar-refractivity contribution is 0.0948. The fraction of sp³-hybridized carbons (Fsp3) is 0.0385. The second-order valence-corrected chi connectivity index (χ2v) is 9.35. The van der Waals surface area contributed by atoms with E-state index in [1.807, 2.05) is 48.5 Å². The molecule has 0 saturated heterocycles. The average molecular weight is 562 g/mol. The molecule has 1 N–H and O–H groups in total. The summed E-state index contributed by atoms with van der Waals surface area (Å²) in [4.78, 5) is 12.8. The number of carbonyl (C=O) groups is 1. The number of hydrogen-bond acceptors (Lipinski definition) is 3. The number of aromatic nitrogens is 2. The van der Waals surface area contributed by atoms with Crippen LogP contribution >= 0.6 is 31.9 Å². The quantitative estimate of drug-likeness (QED) is 0.151. The first-order valence-electron chi connectivity index (χ1n) is 10.3. The Balaban J connectivity index is 1.38. The number of rotatable bonds is 5. The zero-order valence-corrected chi connectivity index (χ0v) is 20.5. The number of halogens is 2. The van der Waals surface area contributed by atoms with Gasteiger partial charge < -0.3 is 0 Å². The molecule has 0 atom stereocenters. The molecule has 0 saturated carbocycles. The Kier molecular flexibility index (Phi) is 6.07. The first-order chi connectivity index (χ1) is 16.1. The Labute approximate surface area is 207 Å². The predicted octanol–water partition coefficient (Wildman–Crippen LogP) is 6.53. The summed E-state index contributed by atoms with van der Waals surface area (Å²) in [6.45, 7) is 0.560. The number of fused-ring (bicyclic) bond motifs is 2. The van der Waals surface area contributed by atoms with Gasteiger partial charge in [0, 0.05) is 16.2 Å². The van der Waals surface area contributed by atoms with Crippen LogP contribution in [-0.4, -0.2) is 21.9 Å². The van der Waals surface area contributed by atoms with Crippen molar-refractivity contribution in [2.75, 3.05) is 0 Å². The van der Waals surface area contributed by atoms with E-state index in [4.69, 9.17) is 0 Å². The molecule has 1 amide bonds. The van der Waals surface area contributed by atoms with E-state index in [1.54, 1.807) is 17.1 Å². The van der Waals surface area contributed by atoms with Crippen molar-refractivity contribution in [1.29, 1.82) is 0 Å². The van der Waals surface area contributed by atoms with Crippen molar-refractivity contribution >= 4 is 65.5 Å². The second-order valence-electron chi connectivity index (χ2n) is 7.58. The van der Waals surface area contributed by atoms with E-state index in [-0.39, 0.29) is 11.6 Å². The van der Waals surface area contributed by atoms with Crippen molar-refractivity contribution < 1.29 is 4.79 Å². The maximum Gasteiger partial charge on any atom is 0.293 e. The van der Waals surface area contributed by atoms with Gasteiger partial charge in [-0.3, -0.25) is 9.48 Å². The highest BCUT2D eigenvalue weighted by Gasteiger charge is 2.15. The number of nitrogens with zero attached hydrogens (tertiary/aromatic N) is 3. The zero-order valence-electron chi connectivity index (χ0n) is 17.4. The molecule has 5 nitrogen and oxygen atoms in total. The normalized spacial score (nSPS) is 11.5. The van der Waals surface area contributed by atoms with Crippen LogP contribution in [0.4, 0.5) is 0 Å². The van der Waals surface area contributed by atoms with Gasteiger partial charge in [0.1, 0.15) is 0 Å². The lowest BCUT2D eigenvalue weighted by atomic mass is 9.97. The zero-order chi connectivity index (χ0) is 22.8. The summed E-state index contributed by atoms with van der Waals surface area (Å²) >= 11 is 6.88. The molecule has 33 heavy (non-hydrogen) atoms. The first kappa shape index (κ1) is 21.6. The van der Waals surface area contributed by atoms with Crippen LogP contribution in [-0.2, 0) is 6.54 Å². The van der Waals surface area contributed by atoms with E-state index in [0.717, 1.165) is 37.1 Å². The van der Waals surface area contributed by atoms with Gasteiger partial charge in [0.15, 0.2) is 5.69 Å². The highest BCUT2D eigenvalue weighted by Crippen LogP contribution is 2.27. The SMILES string of the molecule is O=C(NN=Cc1c2ccccc2cc2ccccc12)c1nn(Cc2ccc(Br)cc2)cc1Br. The van der Waals surface area contributed by atoms with Crippen LogP contribution in [0, 0.1) is 0 Å². The standard InChI is InChI=1S/C26H18Br2N4O/c27-20-11-9-17(10-12-20)15-32-16-24(28)25(31-32)26(33)30-29-14-23-21-7-3-1-5-18(21)13-19-6-2-4-8-22(19)23/h1-14,16H,15H2,(H,30,33). The molecule has 0 radical (unpaired) electrons. The topological polar surface area (TPSA) is 59.3 Å². The number of carbonyl (C=O) groups excluding carboxylic acids is 1. The van der Waals surface area contributed by atoms with Crippen LogP contribution in [0.3, 0.4) is 0 Å². The van der Waals surface area contributed by atoms with Crippen LogP contribution in [0.1, 0.15) is 21.6 Å². The van der Waals surface area contributed by atoms with Gasteiger partial charge in [-0.25, -0.2) is 5.43 Å². The van der Waals surface area contributed by atoms with Crippen molar-refractivity contribution in [1.82, 2.24) is 15.2 Å². The summed E-state index contributed by atoms with van der Waals surface area (Å²) in [6.07, 6.45) is 3.49. The number of hydrogen-bond donors (Lipinski definition) is 1. The van der Waals surface area contributed by atoms with Gasteiger partial charge in [0.25, 0.3) is 5.91 Å². The molecule has 0 bridgehead atoms. The van der Waals surface area contributed by atoms with E-state index in [1.165, 1.54) is 0 Å². The highest BCUT2D eigenvalue weighted by molar-refractivity contribution is 9.10. The van der Waals surface area contributed by atoms with Crippen molar-refractivity contribution in [3.8, 4) is 0 Å². The molecule has 0 fully saturated rings. The maximum absolute atomic E-state index is 12.8. The van der Waals surface area contributed by atoms with Gasteiger partial charge in [-0.05, 0) is 61.2 Å². The molecule has 1 aromatic heterocycles. The fourth-order valence-corrected chi connectivity index (χ4v) is 4.57. The third-order valence-corrected chi connectivity index (χ3v) is 6.47. The Hall–Kier alpha value is -3.29. The number of hydrazone groups is 1. The van der Waals surface area contributed by atoms with Crippen LogP contribution in [0.2, 0.25) is 0 Å². The Bertz CT molecular complexity index is 1450. The van der Waals surface area contributed by atoms with Gasteiger partial charge in [0.05, 0.1) is 17.2 Å². The largest absolute Gasteiger partial charge is 0.293 e. The monoisotopic (exact) mass is 560 g/mol. The van der Waals surface area contributed by atoms with E-state index in [2.05, 4.69) is 77.8 Å². The highest BCUT2D eigenvalue weighted by atomic mass is 79.9. The van der Waals surface area contributed by atoms with Crippen molar-refractivity contribution in [2.24, 2.45) is 5.10 Å². The lowest BCUT2D eigenvalue weighted by Gasteiger charge is -2.07. The molecular formula is C26H18Br2N4O. The molecule has 0 aliphatic carbocycles. The third kappa shape index (κ3) is 4.60. The predicted molar refractivity (Wildman–Crippen MR) is 140 cm³/mol. The summed E-state index contributed by atoms with van der Waals surface area (Å²) in [5.41, 5.74) is 4.95. The van der Waals surface area contributed by atoms with Crippen LogP contribution < -0.4 is 5.43 Å². The molecule has 1 heterocycles. The molecular weight excluding hydrogens is 544 g/mol. The molecule has 0 aliphatic rings. The summed E-state index contributed by atoms with van der Waals surface area (Å²) in [5, 5.41) is 13.1. The molecule has 0 unspecified atom stereocenters. The smallest absolute Gasteiger partial charge is 0.266 e. The molecule has 0 aliphatic heterocycles. The number of nitrogens with one attached hydrogen (secondary N) is 1. The van der Waals surface area contributed by atoms with E-state index in [0.29, 0.717) is 11.0 Å².